The number of aromatic nitrogens is 3. The minimum atomic E-state index is -2.80. The van der Waals surface area contributed by atoms with Crippen molar-refractivity contribution >= 4 is 30.0 Å². The number of nitrogens with zero attached hydrogens (tertiary/aromatic N) is 3. The number of benzene rings is 1. The summed E-state index contributed by atoms with van der Waals surface area (Å²) >= 11 is 10.8. The summed E-state index contributed by atoms with van der Waals surface area (Å²) in [7, 11) is 0. The number of halogens is 3. The quantitative estimate of drug-likeness (QED) is 0.474. The highest BCUT2D eigenvalue weighted by Crippen LogP contribution is 2.22. The minimum absolute atomic E-state index is 0.0372. The van der Waals surface area contributed by atoms with Crippen molar-refractivity contribution in [2.75, 3.05) is 0 Å². The molecule has 2 heterocycles. The van der Waals surface area contributed by atoms with Crippen LogP contribution in [0.2, 0.25) is 5.02 Å². The molecule has 136 valence electrons. The summed E-state index contributed by atoms with van der Waals surface area (Å²) in [4.78, 5) is 0. The first-order valence-corrected chi connectivity index (χ1v) is 8.20. The predicted octanol–water partition coefficient (Wildman–Crippen LogP) is 4.89. The molecule has 0 unspecified atom stereocenters. The highest BCUT2D eigenvalue weighted by Gasteiger charge is 2.16. The molecule has 0 spiro atoms. The van der Waals surface area contributed by atoms with E-state index in [1.54, 1.807) is 24.3 Å². The van der Waals surface area contributed by atoms with E-state index >= 15 is 0 Å². The molecule has 6 nitrogen and oxygen atoms in total. The molecule has 0 radical (unpaired) electrons. The van der Waals surface area contributed by atoms with Crippen molar-refractivity contribution in [1.29, 1.82) is 0 Å². The average molecular weight is 399 g/mol. The highest BCUT2D eigenvalue weighted by molar-refractivity contribution is 7.71. The van der Waals surface area contributed by atoms with Crippen molar-refractivity contribution in [3.63, 3.8) is 0 Å². The first-order chi connectivity index (χ1) is 12.4. The Morgan fingerprint density at radius 3 is 2.96 bits per heavy atom. The van der Waals surface area contributed by atoms with Crippen molar-refractivity contribution in [3.05, 3.63) is 63.0 Å². The van der Waals surface area contributed by atoms with E-state index in [1.165, 1.54) is 6.21 Å². The van der Waals surface area contributed by atoms with E-state index < -0.39 is 12.2 Å². The Labute approximate surface area is 157 Å². The molecule has 1 N–H and O–H groups in total. The zero-order valence-electron chi connectivity index (χ0n) is 13.4. The predicted molar refractivity (Wildman–Crippen MR) is 94.6 cm³/mol. The maximum absolute atomic E-state index is 12.8. The van der Waals surface area contributed by atoms with Crippen LogP contribution >= 0.6 is 23.8 Å². The first kappa shape index (κ1) is 18.3. The van der Waals surface area contributed by atoms with Gasteiger partial charge in [0.2, 0.25) is 10.6 Å². The highest BCUT2D eigenvalue weighted by atomic mass is 35.5. The monoisotopic (exact) mass is 398 g/mol. The number of hydrogen-bond acceptors (Lipinski definition) is 5. The van der Waals surface area contributed by atoms with Gasteiger partial charge in [0.15, 0.2) is 0 Å². The van der Waals surface area contributed by atoms with Crippen LogP contribution in [0.3, 0.4) is 0 Å². The lowest BCUT2D eigenvalue weighted by Gasteiger charge is -2.05. The molecule has 2 aromatic heterocycles. The number of alkyl halides is 2. The van der Waals surface area contributed by atoms with Crippen molar-refractivity contribution in [1.82, 2.24) is 14.9 Å². The van der Waals surface area contributed by atoms with Gasteiger partial charge in [0.25, 0.3) is 6.43 Å². The van der Waals surface area contributed by atoms with Crippen LogP contribution in [0.25, 0.3) is 0 Å². The summed E-state index contributed by atoms with van der Waals surface area (Å²) in [5, 5.41) is 10.2. The molecule has 0 fully saturated rings. The van der Waals surface area contributed by atoms with Gasteiger partial charge >= 0.3 is 0 Å². The Morgan fingerprint density at radius 1 is 1.42 bits per heavy atom. The van der Waals surface area contributed by atoms with Crippen molar-refractivity contribution < 1.29 is 17.9 Å². The Morgan fingerprint density at radius 2 is 2.23 bits per heavy atom. The molecule has 0 saturated carbocycles. The number of aromatic amines is 1. The number of ether oxygens (including phenoxy) is 1. The van der Waals surface area contributed by atoms with Crippen LogP contribution in [0, 0.1) is 11.7 Å². The maximum atomic E-state index is 12.8. The van der Waals surface area contributed by atoms with E-state index in [9.17, 15) is 8.78 Å². The molecule has 0 aliphatic heterocycles. The van der Waals surface area contributed by atoms with E-state index in [1.807, 2.05) is 13.0 Å². The standard InChI is InChI=1S/C16H13ClF2N4O2S/c1-9-6-10(4-5-13(9)17)24-8-12-3-2-11(25-12)7-20-23-15(14(18)19)21-22-16(23)26/h2-7,14H,8H2,1H3,(H,22,26)/b20-7+. The van der Waals surface area contributed by atoms with Gasteiger partial charge in [-0.1, -0.05) is 11.6 Å². The van der Waals surface area contributed by atoms with E-state index in [0.717, 1.165) is 10.2 Å². The summed E-state index contributed by atoms with van der Waals surface area (Å²) in [6, 6.07) is 8.67. The van der Waals surface area contributed by atoms with Crippen molar-refractivity contribution in [2.24, 2.45) is 5.10 Å². The summed E-state index contributed by atoms with van der Waals surface area (Å²) in [6.45, 7) is 2.08. The lowest BCUT2D eigenvalue weighted by Crippen LogP contribution is -1.99. The van der Waals surface area contributed by atoms with Crippen molar-refractivity contribution in [3.8, 4) is 5.75 Å². The molecule has 0 aliphatic rings. The van der Waals surface area contributed by atoms with Gasteiger partial charge in [-0.2, -0.15) is 14.9 Å². The largest absolute Gasteiger partial charge is 0.486 e. The summed E-state index contributed by atoms with van der Waals surface area (Å²) in [6.07, 6.45) is -1.53. The topological polar surface area (TPSA) is 68.3 Å². The molecule has 0 bridgehead atoms. The van der Waals surface area contributed by atoms with Gasteiger partial charge in [0, 0.05) is 5.02 Å². The normalized spacial score (nSPS) is 11.6. The molecular weight excluding hydrogens is 386 g/mol. The van der Waals surface area contributed by atoms with Crippen LogP contribution in [-0.4, -0.2) is 21.1 Å². The fourth-order valence-corrected chi connectivity index (χ4v) is 2.38. The lowest BCUT2D eigenvalue weighted by atomic mass is 10.2. The van der Waals surface area contributed by atoms with Crippen LogP contribution in [0.5, 0.6) is 5.75 Å². The molecule has 3 aromatic rings. The van der Waals surface area contributed by atoms with Gasteiger partial charge in [-0.05, 0) is 55.0 Å². The molecule has 3 rings (SSSR count). The SMILES string of the molecule is Cc1cc(OCc2ccc(/C=N/n3c(C(F)F)n[nH]c3=S)o2)ccc1Cl. The zero-order chi connectivity index (χ0) is 18.7. The number of hydrogen-bond donors (Lipinski definition) is 1. The molecule has 0 aliphatic carbocycles. The van der Waals surface area contributed by atoms with Gasteiger partial charge in [-0.25, -0.2) is 13.9 Å². The van der Waals surface area contributed by atoms with Crippen LogP contribution in [0.4, 0.5) is 8.78 Å². The maximum Gasteiger partial charge on any atom is 0.299 e. The number of furan rings is 1. The van der Waals surface area contributed by atoms with Gasteiger partial charge in [0.05, 0.1) is 6.21 Å². The third-order valence-electron chi connectivity index (χ3n) is 3.36. The van der Waals surface area contributed by atoms with Gasteiger partial charge in [-0.15, -0.1) is 0 Å². The minimum Gasteiger partial charge on any atom is -0.486 e. The van der Waals surface area contributed by atoms with E-state index in [2.05, 4.69) is 15.3 Å². The second kappa shape index (κ2) is 7.79. The number of rotatable bonds is 6. The fourth-order valence-electron chi connectivity index (χ4n) is 2.07. The fraction of sp³-hybridized carbons (Fsp3) is 0.188. The molecule has 0 atom stereocenters. The average Bonchev–Trinajstić information content (AvgIpc) is 3.20. The lowest BCUT2D eigenvalue weighted by molar-refractivity contribution is 0.136. The first-order valence-electron chi connectivity index (χ1n) is 7.41. The molecule has 1 aromatic carbocycles. The number of H-pyrrole nitrogens is 1. The third kappa shape index (κ3) is 4.17. The molecule has 0 saturated heterocycles. The van der Waals surface area contributed by atoms with Gasteiger partial charge in [-0.3, -0.25) is 0 Å². The van der Waals surface area contributed by atoms with Gasteiger partial charge < -0.3 is 9.15 Å². The van der Waals surface area contributed by atoms with E-state index in [-0.39, 0.29) is 11.4 Å². The summed E-state index contributed by atoms with van der Waals surface area (Å²) in [5.74, 6) is 0.993. The zero-order valence-corrected chi connectivity index (χ0v) is 15.0. The summed E-state index contributed by atoms with van der Waals surface area (Å²) in [5.41, 5.74) is 0.906. The number of nitrogens with one attached hydrogen (secondary N) is 1. The Bertz CT molecular complexity index is 996. The number of aryl methyl sites for hydroxylation is 1. The Balaban J connectivity index is 1.67. The molecule has 26 heavy (non-hydrogen) atoms. The van der Waals surface area contributed by atoms with Crippen LogP contribution in [-0.2, 0) is 6.61 Å². The van der Waals surface area contributed by atoms with E-state index in [4.69, 9.17) is 33.0 Å². The van der Waals surface area contributed by atoms with Crippen LogP contribution in [0.15, 0.2) is 39.9 Å². The molecule has 0 amide bonds. The second-order valence-corrected chi connectivity index (χ2v) is 6.04. The second-order valence-electron chi connectivity index (χ2n) is 5.25. The third-order valence-corrected chi connectivity index (χ3v) is 4.05. The van der Waals surface area contributed by atoms with Gasteiger partial charge in [0.1, 0.15) is 23.9 Å². The van der Waals surface area contributed by atoms with Crippen LogP contribution in [0.1, 0.15) is 29.3 Å². The van der Waals surface area contributed by atoms with E-state index in [0.29, 0.717) is 22.3 Å². The summed E-state index contributed by atoms with van der Waals surface area (Å²) < 4.78 is 37.6. The van der Waals surface area contributed by atoms with Crippen molar-refractivity contribution in [2.45, 2.75) is 20.0 Å². The molecule has 10 heteroatoms. The smallest absolute Gasteiger partial charge is 0.299 e. The Kier molecular flexibility index (Phi) is 5.48. The Hall–Kier alpha value is -2.52. The van der Waals surface area contributed by atoms with Crippen LogP contribution < -0.4 is 4.74 Å². The molecular formula is C16H13ClF2N4O2S.